The van der Waals surface area contributed by atoms with Gasteiger partial charge in [0.2, 0.25) is 0 Å². The molecule has 2 aromatic rings. The SMILES string of the molecule is CC(C)c1ccc(S(=O)(=O)Nc2cccc(CN)c2)cc1. The van der Waals surface area contributed by atoms with Gasteiger partial charge in [-0.2, -0.15) is 0 Å². The Hall–Kier alpha value is -1.85. The van der Waals surface area contributed by atoms with E-state index in [4.69, 9.17) is 5.73 Å². The summed E-state index contributed by atoms with van der Waals surface area (Å²) in [6, 6.07) is 14.0. The fourth-order valence-electron chi connectivity index (χ4n) is 2.01. The van der Waals surface area contributed by atoms with Crippen molar-refractivity contribution >= 4 is 15.7 Å². The summed E-state index contributed by atoms with van der Waals surface area (Å²) in [5, 5.41) is 0. The van der Waals surface area contributed by atoms with Gasteiger partial charge in [0, 0.05) is 12.2 Å². The molecule has 112 valence electrons. The second-order valence-electron chi connectivity index (χ2n) is 5.23. The molecule has 0 spiro atoms. The van der Waals surface area contributed by atoms with Crippen LogP contribution in [-0.4, -0.2) is 8.42 Å². The Morgan fingerprint density at radius 1 is 1.10 bits per heavy atom. The first kappa shape index (κ1) is 15.5. The zero-order valence-corrected chi connectivity index (χ0v) is 13.0. The molecule has 4 nitrogen and oxygen atoms in total. The molecule has 0 saturated heterocycles. The van der Waals surface area contributed by atoms with E-state index in [1.54, 1.807) is 30.3 Å². The van der Waals surface area contributed by atoms with Crippen molar-refractivity contribution < 1.29 is 8.42 Å². The third-order valence-electron chi connectivity index (χ3n) is 3.27. The highest BCUT2D eigenvalue weighted by molar-refractivity contribution is 7.92. The summed E-state index contributed by atoms with van der Waals surface area (Å²) in [5.41, 5.74) is 8.07. The van der Waals surface area contributed by atoms with E-state index in [-0.39, 0.29) is 4.90 Å². The van der Waals surface area contributed by atoms with Crippen LogP contribution in [0, 0.1) is 0 Å². The van der Waals surface area contributed by atoms with Gasteiger partial charge in [-0.1, -0.05) is 38.1 Å². The van der Waals surface area contributed by atoms with Crippen molar-refractivity contribution in [3.63, 3.8) is 0 Å². The Bertz CT molecular complexity index is 707. The Balaban J connectivity index is 2.25. The summed E-state index contributed by atoms with van der Waals surface area (Å²) in [6.07, 6.45) is 0. The van der Waals surface area contributed by atoms with E-state index in [0.29, 0.717) is 18.2 Å². The van der Waals surface area contributed by atoms with E-state index in [2.05, 4.69) is 18.6 Å². The molecule has 0 unspecified atom stereocenters. The first-order valence-electron chi connectivity index (χ1n) is 6.84. The van der Waals surface area contributed by atoms with Crippen LogP contribution < -0.4 is 10.5 Å². The van der Waals surface area contributed by atoms with Gasteiger partial charge < -0.3 is 5.73 Å². The van der Waals surface area contributed by atoms with Crippen LogP contribution >= 0.6 is 0 Å². The lowest BCUT2D eigenvalue weighted by Gasteiger charge is -2.10. The first-order valence-corrected chi connectivity index (χ1v) is 8.32. The van der Waals surface area contributed by atoms with Gasteiger partial charge in [0.1, 0.15) is 0 Å². The van der Waals surface area contributed by atoms with Gasteiger partial charge in [-0.3, -0.25) is 4.72 Å². The summed E-state index contributed by atoms with van der Waals surface area (Å²) in [5.74, 6) is 0.371. The highest BCUT2D eigenvalue weighted by Crippen LogP contribution is 2.20. The van der Waals surface area contributed by atoms with Crippen molar-refractivity contribution in [1.29, 1.82) is 0 Å². The Morgan fingerprint density at radius 2 is 1.76 bits per heavy atom. The molecule has 0 aromatic heterocycles. The molecule has 0 aliphatic carbocycles. The Labute approximate surface area is 126 Å². The minimum atomic E-state index is -3.57. The van der Waals surface area contributed by atoms with E-state index in [1.165, 1.54) is 0 Å². The molecule has 0 saturated carbocycles. The zero-order valence-electron chi connectivity index (χ0n) is 12.2. The molecular weight excluding hydrogens is 284 g/mol. The van der Waals surface area contributed by atoms with Crippen LogP contribution in [0.25, 0.3) is 0 Å². The van der Waals surface area contributed by atoms with Crippen molar-refractivity contribution in [3.05, 3.63) is 59.7 Å². The average Bonchev–Trinajstić information content (AvgIpc) is 2.47. The molecule has 2 aromatic carbocycles. The molecule has 0 aliphatic rings. The molecular formula is C16H20N2O2S. The van der Waals surface area contributed by atoms with Crippen molar-refractivity contribution in [2.75, 3.05) is 4.72 Å². The van der Waals surface area contributed by atoms with Crippen LogP contribution in [0.1, 0.15) is 30.9 Å². The van der Waals surface area contributed by atoms with Crippen LogP contribution in [0.2, 0.25) is 0 Å². The van der Waals surface area contributed by atoms with E-state index in [9.17, 15) is 8.42 Å². The maximum absolute atomic E-state index is 12.3. The molecule has 0 fully saturated rings. The highest BCUT2D eigenvalue weighted by atomic mass is 32.2. The number of sulfonamides is 1. The van der Waals surface area contributed by atoms with Gasteiger partial charge in [-0.15, -0.1) is 0 Å². The third-order valence-corrected chi connectivity index (χ3v) is 4.67. The van der Waals surface area contributed by atoms with Gasteiger partial charge in [0.15, 0.2) is 0 Å². The van der Waals surface area contributed by atoms with Crippen molar-refractivity contribution in [2.45, 2.75) is 31.2 Å². The van der Waals surface area contributed by atoms with Gasteiger partial charge in [0.25, 0.3) is 10.0 Å². The molecule has 3 N–H and O–H groups in total. The molecule has 0 bridgehead atoms. The van der Waals surface area contributed by atoms with Crippen molar-refractivity contribution in [1.82, 2.24) is 0 Å². The van der Waals surface area contributed by atoms with Gasteiger partial charge in [-0.05, 0) is 41.3 Å². The molecule has 0 radical (unpaired) electrons. The maximum Gasteiger partial charge on any atom is 0.261 e. The minimum absolute atomic E-state index is 0.255. The smallest absolute Gasteiger partial charge is 0.261 e. The number of anilines is 1. The van der Waals surface area contributed by atoms with Crippen LogP contribution in [0.15, 0.2) is 53.4 Å². The predicted octanol–water partition coefficient (Wildman–Crippen LogP) is 3.07. The number of hydrogen-bond acceptors (Lipinski definition) is 3. The van der Waals surface area contributed by atoms with Crippen LogP contribution in [0.5, 0.6) is 0 Å². The molecule has 0 amide bonds. The lowest BCUT2D eigenvalue weighted by atomic mass is 10.0. The lowest BCUT2D eigenvalue weighted by molar-refractivity contribution is 0.601. The summed E-state index contributed by atoms with van der Waals surface area (Å²) in [7, 11) is -3.57. The Kier molecular flexibility index (Phi) is 4.65. The van der Waals surface area contributed by atoms with E-state index in [1.807, 2.05) is 18.2 Å². The molecule has 2 rings (SSSR count). The van der Waals surface area contributed by atoms with Crippen molar-refractivity contribution in [3.8, 4) is 0 Å². The summed E-state index contributed by atoms with van der Waals surface area (Å²) >= 11 is 0. The molecule has 0 atom stereocenters. The number of benzene rings is 2. The minimum Gasteiger partial charge on any atom is -0.326 e. The van der Waals surface area contributed by atoms with Gasteiger partial charge in [0.05, 0.1) is 4.90 Å². The van der Waals surface area contributed by atoms with Gasteiger partial charge in [-0.25, -0.2) is 8.42 Å². The van der Waals surface area contributed by atoms with Crippen LogP contribution in [0.3, 0.4) is 0 Å². The molecule has 21 heavy (non-hydrogen) atoms. The summed E-state index contributed by atoms with van der Waals surface area (Å²) < 4.78 is 27.3. The molecule has 0 heterocycles. The topological polar surface area (TPSA) is 72.2 Å². The predicted molar refractivity (Wildman–Crippen MR) is 85.7 cm³/mol. The van der Waals surface area contributed by atoms with Crippen LogP contribution in [-0.2, 0) is 16.6 Å². The first-order chi connectivity index (χ1) is 9.92. The monoisotopic (exact) mass is 304 g/mol. The average molecular weight is 304 g/mol. The normalized spacial score (nSPS) is 11.6. The van der Waals surface area contributed by atoms with E-state index in [0.717, 1.165) is 11.1 Å². The Morgan fingerprint density at radius 3 is 2.33 bits per heavy atom. The van der Waals surface area contributed by atoms with Crippen LogP contribution in [0.4, 0.5) is 5.69 Å². The van der Waals surface area contributed by atoms with E-state index < -0.39 is 10.0 Å². The highest BCUT2D eigenvalue weighted by Gasteiger charge is 2.14. The standard InChI is InChI=1S/C16H20N2O2S/c1-12(2)14-6-8-16(9-7-14)21(19,20)18-15-5-3-4-13(10-15)11-17/h3-10,12,18H,11,17H2,1-2H3. The lowest BCUT2D eigenvalue weighted by Crippen LogP contribution is -2.13. The zero-order chi connectivity index (χ0) is 15.5. The quantitative estimate of drug-likeness (QED) is 0.891. The summed E-state index contributed by atoms with van der Waals surface area (Å²) in [4.78, 5) is 0.255. The number of nitrogens with two attached hydrogens (primary N) is 1. The van der Waals surface area contributed by atoms with Gasteiger partial charge >= 0.3 is 0 Å². The largest absolute Gasteiger partial charge is 0.326 e. The molecule has 5 heteroatoms. The maximum atomic E-state index is 12.3. The third kappa shape index (κ3) is 3.83. The second-order valence-corrected chi connectivity index (χ2v) is 6.92. The number of hydrogen-bond donors (Lipinski definition) is 2. The molecule has 0 aliphatic heterocycles. The summed E-state index contributed by atoms with van der Waals surface area (Å²) in [6.45, 7) is 4.51. The fraction of sp³-hybridized carbons (Fsp3) is 0.250. The number of rotatable bonds is 5. The number of nitrogens with one attached hydrogen (secondary N) is 1. The van der Waals surface area contributed by atoms with E-state index >= 15 is 0 Å². The fourth-order valence-corrected chi connectivity index (χ4v) is 3.06. The van der Waals surface area contributed by atoms with Crippen molar-refractivity contribution in [2.24, 2.45) is 5.73 Å². The second kappa shape index (κ2) is 6.28.